The van der Waals surface area contributed by atoms with Gasteiger partial charge >= 0.3 is 6.01 Å². The summed E-state index contributed by atoms with van der Waals surface area (Å²) in [6, 6.07) is 6.16. The van der Waals surface area contributed by atoms with Crippen molar-refractivity contribution in [2.75, 3.05) is 12.4 Å². The molecule has 3 aromatic rings. The Bertz CT molecular complexity index is 864. The molecule has 0 aliphatic heterocycles. The molecule has 9 heteroatoms. The topological polar surface area (TPSA) is 103 Å². The molecule has 2 aromatic heterocycles. The molecule has 22 heavy (non-hydrogen) atoms. The summed E-state index contributed by atoms with van der Waals surface area (Å²) in [5.74, 6) is 0.311. The van der Waals surface area contributed by atoms with E-state index in [0.29, 0.717) is 22.7 Å². The molecule has 0 spiro atoms. The number of oxazole rings is 1. The molecule has 0 aliphatic carbocycles. The van der Waals surface area contributed by atoms with E-state index in [9.17, 15) is 10.1 Å². The van der Waals surface area contributed by atoms with Gasteiger partial charge in [0.15, 0.2) is 5.58 Å². The highest BCUT2D eigenvalue weighted by atomic mass is 79.9. The fraction of sp³-hybridized carbons (Fsp3) is 0.0769. The minimum atomic E-state index is -0.493. The van der Waals surface area contributed by atoms with Gasteiger partial charge in [-0.25, -0.2) is 4.98 Å². The van der Waals surface area contributed by atoms with Gasteiger partial charge in [0, 0.05) is 22.8 Å². The van der Waals surface area contributed by atoms with Crippen molar-refractivity contribution in [3.8, 4) is 5.75 Å². The molecule has 3 rings (SSSR count). The number of non-ortho nitro benzene ring substituents is 1. The highest BCUT2D eigenvalue weighted by Gasteiger charge is 2.14. The first-order valence-corrected chi connectivity index (χ1v) is 6.87. The van der Waals surface area contributed by atoms with Crippen LogP contribution in [0.3, 0.4) is 0 Å². The largest absolute Gasteiger partial charge is 0.494 e. The number of methoxy groups -OCH3 is 1. The molecule has 8 nitrogen and oxygen atoms in total. The summed E-state index contributed by atoms with van der Waals surface area (Å²) in [6.45, 7) is 0. The lowest BCUT2D eigenvalue weighted by atomic mass is 10.2. The number of nitro benzene ring substituents is 1. The van der Waals surface area contributed by atoms with E-state index in [0.717, 1.165) is 4.47 Å². The molecule has 0 saturated heterocycles. The molecule has 0 bridgehead atoms. The summed E-state index contributed by atoms with van der Waals surface area (Å²) in [7, 11) is 1.43. The zero-order valence-corrected chi connectivity index (χ0v) is 12.8. The van der Waals surface area contributed by atoms with E-state index in [4.69, 9.17) is 9.15 Å². The van der Waals surface area contributed by atoms with E-state index in [1.807, 2.05) is 0 Å². The molecule has 1 aromatic carbocycles. The fourth-order valence-corrected chi connectivity index (χ4v) is 2.17. The summed E-state index contributed by atoms with van der Waals surface area (Å²) in [6.07, 6.45) is 1.61. The zero-order valence-electron chi connectivity index (χ0n) is 11.2. The number of benzene rings is 1. The Hall–Kier alpha value is -2.68. The number of nitro groups is 1. The molecule has 0 saturated carbocycles. The third kappa shape index (κ3) is 2.70. The van der Waals surface area contributed by atoms with Crippen LogP contribution in [-0.4, -0.2) is 22.0 Å². The third-order valence-corrected chi connectivity index (χ3v) is 3.28. The molecule has 0 unspecified atom stereocenters. The van der Waals surface area contributed by atoms with Crippen LogP contribution in [0.25, 0.3) is 11.2 Å². The first kappa shape index (κ1) is 14.3. The number of rotatable bonds is 4. The van der Waals surface area contributed by atoms with Crippen LogP contribution in [0.5, 0.6) is 5.75 Å². The second kappa shape index (κ2) is 5.60. The summed E-state index contributed by atoms with van der Waals surface area (Å²) < 4.78 is 11.4. The highest BCUT2D eigenvalue weighted by molar-refractivity contribution is 9.10. The van der Waals surface area contributed by atoms with Crippen LogP contribution in [0, 0.1) is 10.1 Å². The summed E-state index contributed by atoms with van der Waals surface area (Å²) in [5, 5.41) is 13.7. The predicted octanol–water partition coefficient (Wildman–Crippen LogP) is 3.65. The average Bonchev–Trinajstić information content (AvgIpc) is 2.88. The van der Waals surface area contributed by atoms with Crippen molar-refractivity contribution in [1.29, 1.82) is 0 Å². The Morgan fingerprint density at radius 3 is 2.95 bits per heavy atom. The number of halogens is 1. The normalized spacial score (nSPS) is 10.6. The first-order chi connectivity index (χ1) is 10.6. The monoisotopic (exact) mass is 364 g/mol. The Kier molecular flexibility index (Phi) is 3.63. The summed E-state index contributed by atoms with van der Waals surface area (Å²) in [5.41, 5.74) is 1.40. The Labute approximate surface area is 132 Å². The predicted molar refractivity (Wildman–Crippen MR) is 82.4 cm³/mol. The molecule has 0 atom stereocenters. The molecular weight excluding hydrogens is 356 g/mol. The van der Waals surface area contributed by atoms with E-state index >= 15 is 0 Å². The van der Waals surface area contributed by atoms with Crippen LogP contribution in [-0.2, 0) is 0 Å². The van der Waals surface area contributed by atoms with Crippen LogP contribution in [0.4, 0.5) is 17.4 Å². The van der Waals surface area contributed by atoms with Gasteiger partial charge in [-0.3, -0.25) is 10.1 Å². The van der Waals surface area contributed by atoms with Crippen LogP contribution < -0.4 is 10.1 Å². The van der Waals surface area contributed by atoms with Crippen molar-refractivity contribution in [3.63, 3.8) is 0 Å². The van der Waals surface area contributed by atoms with Gasteiger partial charge < -0.3 is 14.5 Å². The van der Waals surface area contributed by atoms with Gasteiger partial charge in [0.05, 0.1) is 23.8 Å². The molecule has 1 N–H and O–H groups in total. The van der Waals surface area contributed by atoms with Crippen LogP contribution in [0.2, 0.25) is 0 Å². The SMILES string of the molecule is COc1cc([N+](=O)[O-])ccc1Nc1nc2ncc(Br)cc2o1. The smallest absolute Gasteiger partial charge is 0.301 e. The first-order valence-electron chi connectivity index (χ1n) is 6.08. The van der Waals surface area contributed by atoms with Crippen molar-refractivity contribution in [2.24, 2.45) is 0 Å². The number of hydrogen-bond donors (Lipinski definition) is 1. The van der Waals surface area contributed by atoms with Gasteiger partial charge in [0.2, 0.25) is 5.65 Å². The molecule has 0 fully saturated rings. The van der Waals surface area contributed by atoms with Crippen LogP contribution >= 0.6 is 15.9 Å². The number of nitrogens with zero attached hydrogens (tertiary/aromatic N) is 3. The number of aromatic nitrogens is 2. The maximum atomic E-state index is 10.8. The van der Waals surface area contributed by atoms with Gasteiger partial charge in [-0.05, 0) is 22.0 Å². The third-order valence-electron chi connectivity index (χ3n) is 2.85. The van der Waals surface area contributed by atoms with Crippen molar-refractivity contribution < 1.29 is 14.1 Å². The zero-order chi connectivity index (χ0) is 15.7. The second-order valence-corrected chi connectivity index (χ2v) is 5.18. The van der Waals surface area contributed by atoms with Gasteiger partial charge in [-0.1, -0.05) is 0 Å². The molecular formula is C13H9BrN4O4. The molecule has 2 heterocycles. The van der Waals surface area contributed by atoms with Crippen LogP contribution in [0.1, 0.15) is 0 Å². The average molecular weight is 365 g/mol. The minimum absolute atomic E-state index is 0.0643. The summed E-state index contributed by atoms with van der Waals surface area (Å²) in [4.78, 5) is 18.6. The van der Waals surface area contributed by atoms with E-state index in [1.54, 1.807) is 12.3 Å². The van der Waals surface area contributed by atoms with Gasteiger partial charge in [-0.2, -0.15) is 4.98 Å². The van der Waals surface area contributed by atoms with Crippen LogP contribution in [0.15, 0.2) is 39.4 Å². The van der Waals surface area contributed by atoms with Crippen molar-refractivity contribution >= 4 is 44.5 Å². The molecule has 0 radical (unpaired) electrons. The highest BCUT2D eigenvalue weighted by Crippen LogP contribution is 2.32. The lowest BCUT2D eigenvalue weighted by Crippen LogP contribution is -1.96. The maximum absolute atomic E-state index is 10.8. The number of ether oxygens (including phenoxy) is 1. The lowest BCUT2D eigenvalue weighted by Gasteiger charge is -2.07. The van der Waals surface area contributed by atoms with Gasteiger partial charge in [0.1, 0.15) is 5.75 Å². The number of anilines is 2. The lowest BCUT2D eigenvalue weighted by molar-refractivity contribution is -0.384. The Morgan fingerprint density at radius 2 is 2.23 bits per heavy atom. The quantitative estimate of drug-likeness (QED) is 0.556. The van der Waals surface area contributed by atoms with Gasteiger partial charge in [-0.15, -0.1) is 0 Å². The molecule has 0 amide bonds. The van der Waals surface area contributed by atoms with E-state index in [2.05, 4.69) is 31.2 Å². The van der Waals surface area contributed by atoms with Crippen molar-refractivity contribution in [1.82, 2.24) is 9.97 Å². The van der Waals surface area contributed by atoms with Crippen molar-refractivity contribution in [3.05, 3.63) is 45.0 Å². The number of fused-ring (bicyclic) bond motifs is 1. The standard InChI is InChI=1S/C13H9BrN4O4/c1-21-10-5-8(18(19)20)2-3-9(10)16-13-17-12-11(22-13)4-7(14)6-15-12/h2-6H,1H3,(H,15,16,17). The minimum Gasteiger partial charge on any atom is -0.494 e. The molecule has 0 aliphatic rings. The maximum Gasteiger partial charge on any atom is 0.301 e. The Balaban J connectivity index is 1.95. The number of pyridine rings is 1. The number of hydrogen-bond acceptors (Lipinski definition) is 7. The van der Waals surface area contributed by atoms with Gasteiger partial charge in [0.25, 0.3) is 5.69 Å². The van der Waals surface area contributed by atoms with Crippen molar-refractivity contribution in [2.45, 2.75) is 0 Å². The van der Waals surface area contributed by atoms with E-state index in [1.165, 1.54) is 25.3 Å². The van der Waals surface area contributed by atoms with E-state index < -0.39 is 4.92 Å². The Morgan fingerprint density at radius 1 is 1.41 bits per heavy atom. The molecule has 112 valence electrons. The number of nitrogens with one attached hydrogen (secondary N) is 1. The fourth-order valence-electron chi connectivity index (χ4n) is 1.86. The summed E-state index contributed by atoms with van der Waals surface area (Å²) >= 11 is 3.30. The van der Waals surface area contributed by atoms with E-state index in [-0.39, 0.29) is 11.7 Å². The second-order valence-electron chi connectivity index (χ2n) is 4.26.